The molecule has 0 unspecified atom stereocenters. The van der Waals surface area contributed by atoms with Gasteiger partial charge in [-0.2, -0.15) is 0 Å². The molecule has 6 nitrogen and oxygen atoms in total. The van der Waals surface area contributed by atoms with Gasteiger partial charge in [0.25, 0.3) is 0 Å². The van der Waals surface area contributed by atoms with Crippen molar-refractivity contribution >= 4 is 23.5 Å². The molecule has 2 aromatic carbocycles. The second-order valence-corrected chi connectivity index (χ2v) is 9.54. The van der Waals surface area contributed by atoms with Crippen LogP contribution in [0.3, 0.4) is 0 Å². The molecule has 0 aliphatic carbocycles. The first-order valence-corrected chi connectivity index (χ1v) is 11.3. The molecular weight excluding hydrogens is 400 g/mol. The summed E-state index contributed by atoms with van der Waals surface area (Å²) < 4.78 is 0. The predicted molar refractivity (Wildman–Crippen MR) is 126 cm³/mol. The number of hydrogen-bond donors (Lipinski definition) is 2. The molecule has 3 atom stereocenters. The quantitative estimate of drug-likeness (QED) is 0.746. The van der Waals surface area contributed by atoms with Crippen molar-refractivity contribution < 1.29 is 9.59 Å². The van der Waals surface area contributed by atoms with E-state index in [1.165, 1.54) is 10.5 Å². The van der Waals surface area contributed by atoms with E-state index in [1.54, 1.807) is 0 Å². The van der Waals surface area contributed by atoms with Gasteiger partial charge in [-0.1, -0.05) is 63.2 Å². The fraction of sp³-hybridized carbons (Fsp3) is 0.423. The maximum Gasteiger partial charge on any atom is 0.234 e. The van der Waals surface area contributed by atoms with Crippen molar-refractivity contribution in [1.29, 1.82) is 5.41 Å². The molecule has 0 saturated carbocycles. The van der Waals surface area contributed by atoms with Crippen molar-refractivity contribution in [3.8, 4) is 0 Å². The highest BCUT2D eigenvalue weighted by atomic mass is 16.2. The third-order valence-electron chi connectivity index (χ3n) is 7.35. The zero-order chi connectivity index (χ0) is 23.0. The van der Waals surface area contributed by atoms with E-state index in [1.807, 2.05) is 61.2 Å². The highest BCUT2D eigenvalue weighted by molar-refractivity contribution is 6.00. The molecule has 2 fully saturated rings. The van der Waals surface area contributed by atoms with Crippen molar-refractivity contribution in [2.45, 2.75) is 52.1 Å². The lowest BCUT2D eigenvalue weighted by Gasteiger charge is -2.47. The lowest BCUT2D eigenvalue weighted by Crippen LogP contribution is -2.67. The standard InChI is InChI=1S/C26H32N4O2/c1-17(2)26(4)18(3)24(32)30(25(27)28-26)15-19-9-8-12-22(13-19)29-16-21(14-23(29)31)20-10-6-5-7-11-20/h5-13,17-18,21H,14-16H2,1-4H3,(H2,27,28)/t18-,21-,26+/m0/s1. The maximum atomic E-state index is 13.1. The van der Waals surface area contributed by atoms with E-state index in [0.29, 0.717) is 19.5 Å². The van der Waals surface area contributed by atoms with Crippen molar-refractivity contribution in [2.75, 3.05) is 11.4 Å². The van der Waals surface area contributed by atoms with E-state index in [4.69, 9.17) is 5.41 Å². The molecular formula is C26H32N4O2. The van der Waals surface area contributed by atoms with Crippen LogP contribution in [0.1, 0.15) is 51.2 Å². The number of anilines is 1. The zero-order valence-corrected chi connectivity index (χ0v) is 19.3. The highest BCUT2D eigenvalue weighted by Crippen LogP contribution is 2.34. The summed E-state index contributed by atoms with van der Waals surface area (Å²) >= 11 is 0. The molecule has 4 rings (SSSR count). The largest absolute Gasteiger partial charge is 0.350 e. The van der Waals surface area contributed by atoms with Gasteiger partial charge in [0.05, 0.1) is 18.0 Å². The van der Waals surface area contributed by atoms with Crippen molar-refractivity contribution in [2.24, 2.45) is 11.8 Å². The van der Waals surface area contributed by atoms with Gasteiger partial charge in [-0.3, -0.25) is 19.9 Å². The Labute approximate surface area is 190 Å². The molecule has 2 aliphatic rings. The first-order chi connectivity index (χ1) is 15.2. The number of carbonyl (C=O) groups excluding carboxylic acids is 2. The molecule has 2 saturated heterocycles. The number of nitrogens with one attached hydrogen (secondary N) is 2. The Bertz CT molecular complexity index is 1040. The van der Waals surface area contributed by atoms with Gasteiger partial charge in [-0.15, -0.1) is 0 Å². The number of amides is 2. The van der Waals surface area contributed by atoms with Crippen LogP contribution in [0.2, 0.25) is 0 Å². The average Bonchev–Trinajstić information content (AvgIpc) is 3.17. The molecule has 2 aliphatic heterocycles. The van der Waals surface area contributed by atoms with Gasteiger partial charge in [0, 0.05) is 24.6 Å². The smallest absolute Gasteiger partial charge is 0.234 e. The Balaban J connectivity index is 1.51. The van der Waals surface area contributed by atoms with Crippen LogP contribution in [-0.4, -0.2) is 34.8 Å². The van der Waals surface area contributed by atoms with E-state index < -0.39 is 5.54 Å². The second-order valence-electron chi connectivity index (χ2n) is 9.54. The van der Waals surface area contributed by atoms with E-state index in [-0.39, 0.29) is 35.5 Å². The minimum Gasteiger partial charge on any atom is -0.350 e. The first kappa shape index (κ1) is 22.1. The highest BCUT2D eigenvalue weighted by Gasteiger charge is 2.46. The number of benzene rings is 2. The number of guanidine groups is 1. The lowest BCUT2D eigenvalue weighted by atomic mass is 9.75. The Morgan fingerprint density at radius 3 is 2.53 bits per heavy atom. The van der Waals surface area contributed by atoms with Gasteiger partial charge in [0.1, 0.15) is 0 Å². The summed E-state index contributed by atoms with van der Waals surface area (Å²) in [5.74, 6) is 0.356. The molecule has 0 radical (unpaired) electrons. The maximum absolute atomic E-state index is 13.1. The van der Waals surface area contributed by atoms with Crippen molar-refractivity contribution in [1.82, 2.24) is 10.2 Å². The molecule has 168 valence electrons. The Morgan fingerprint density at radius 1 is 1.12 bits per heavy atom. The summed E-state index contributed by atoms with van der Waals surface area (Å²) in [5, 5.41) is 11.7. The van der Waals surface area contributed by atoms with E-state index >= 15 is 0 Å². The van der Waals surface area contributed by atoms with Crippen LogP contribution in [0.15, 0.2) is 54.6 Å². The summed E-state index contributed by atoms with van der Waals surface area (Å²) in [6, 6.07) is 17.9. The van der Waals surface area contributed by atoms with Gasteiger partial charge < -0.3 is 10.2 Å². The molecule has 2 aromatic rings. The number of nitrogens with zero attached hydrogens (tertiary/aromatic N) is 2. The minimum atomic E-state index is -0.444. The molecule has 2 heterocycles. The summed E-state index contributed by atoms with van der Waals surface area (Å²) in [4.78, 5) is 29.2. The Hall–Kier alpha value is -3.15. The van der Waals surface area contributed by atoms with Crippen molar-refractivity contribution in [3.05, 3.63) is 65.7 Å². The molecule has 0 spiro atoms. The lowest BCUT2D eigenvalue weighted by molar-refractivity contribution is -0.137. The van der Waals surface area contributed by atoms with Crippen LogP contribution in [0, 0.1) is 17.2 Å². The number of rotatable bonds is 5. The second kappa shape index (κ2) is 8.41. The fourth-order valence-corrected chi connectivity index (χ4v) is 4.74. The van der Waals surface area contributed by atoms with E-state index in [2.05, 4.69) is 31.3 Å². The minimum absolute atomic E-state index is 0.0447. The van der Waals surface area contributed by atoms with Crippen molar-refractivity contribution in [3.63, 3.8) is 0 Å². The van der Waals surface area contributed by atoms with Gasteiger partial charge in [-0.25, -0.2) is 0 Å². The van der Waals surface area contributed by atoms with Crippen LogP contribution in [0.4, 0.5) is 5.69 Å². The SMILES string of the molecule is CC(C)[C@@]1(C)NC(=N)N(Cc2cccc(N3C[C@@H](c4ccccc4)CC3=O)c2)C(=O)[C@@H]1C. The van der Waals surface area contributed by atoms with Crippen LogP contribution < -0.4 is 10.2 Å². The zero-order valence-electron chi connectivity index (χ0n) is 19.3. The Morgan fingerprint density at radius 2 is 1.84 bits per heavy atom. The van der Waals surface area contributed by atoms with Crippen LogP contribution >= 0.6 is 0 Å². The fourth-order valence-electron chi connectivity index (χ4n) is 4.74. The Kier molecular flexibility index (Phi) is 5.80. The van der Waals surface area contributed by atoms with Gasteiger partial charge in [-0.05, 0) is 36.1 Å². The van der Waals surface area contributed by atoms with E-state index in [0.717, 1.165) is 11.3 Å². The number of hydrogen-bond acceptors (Lipinski definition) is 3. The summed E-state index contributed by atoms with van der Waals surface area (Å²) in [5.41, 5.74) is 2.48. The van der Waals surface area contributed by atoms with Gasteiger partial charge >= 0.3 is 0 Å². The summed E-state index contributed by atoms with van der Waals surface area (Å²) in [6.07, 6.45) is 0.499. The first-order valence-electron chi connectivity index (χ1n) is 11.3. The normalized spacial score (nSPS) is 26.1. The van der Waals surface area contributed by atoms with Gasteiger partial charge in [0.2, 0.25) is 11.8 Å². The average molecular weight is 433 g/mol. The summed E-state index contributed by atoms with van der Waals surface area (Å²) in [7, 11) is 0. The third kappa shape index (κ3) is 3.90. The predicted octanol–water partition coefficient (Wildman–Crippen LogP) is 4.12. The third-order valence-corrected chi connectivity index (χ3v) is 7.35. The van der Waals surface area contributed by atoms with E-state index in [9.17, 15) is 9.59 Å². The molecule has 0 aromatic heterocycles. The van der Waals surface area contributed by atoms with Crippen LogP contribution in [0.5, 0.6) is 0 Å². The molecule has 2 N–H and O–H groups in total. The van der Waals surface area contributed by atoms with Crippen LogP contribution in [-0.2, 0) is 16.1 Å². The molecule has 6 heteroatoms. The van der Waals surface area contributed by atoms with Crippen LogP contribution in [0.25, 0.3) is 0 Å². The summed E-state index contributed by atoms with van der Waals surface area (Å²) in [6.45, 7) is 9.03. The molecule has 2 amide bonds. The molecule has 0 bridgehead atoms. The number of carbonyl (C=O) groups is 2. The topological polar surface area (TPSA) is 76.5 Å². The molecule has 32 heavy (non-hydrogen) atoms. The van der Waals surface area contributed by atoms with Gasteiger partial charge in [0.15, 0.2) is 5.96 Å². The monoisotopic (exact) mass is 432 g/mol.